The van der Waals surface area contributed by atoms with Gasteiger partial charge in [0.15, 0.2) is 0 Å². The minimum Gasteiger partial charge on any atom is -0.377 e. The maximum Gasteiger partial charge on any atom is 0.0666 e. The van der Waals surface area contributed by atoms with Crippen LogP contribution in [0, 0.1) is 6.92 Å². The fourth-order valence-corrected chi connectivity index (χ4v) is 1.78. The summed E-state index contributed by atoms with van der Waals surface area (Å²) in [5.74, 6) is 0. The summed E-state index contributed by atoms with van der Waals surface area (Å²) < 4.78 is 7.57. The van der Waals surface area contributed by atoms with Crippen LogP contribution in [0.2, 0.25) is 0 Å². The van der Waals surface area contributed by atoms with E-state index in [0.29, 0.717) is 0 Å². The molecule has 16 heavy (non-hydrogen) atoms. The van der Waals surface area contributed by atoms with Crippen molar-refractivity contribution in [2.45, 2.75) is 59.6 Å². The van der Waals surface area contributed by atoms with Crippen LogP contribution in [-0.4, -0.2) is 22.5 Å². The van der Waals surface area contributed by atoms with Crippen molar-refractivity contribution in [3.63, 3.8) is 0 Å². The predicted octanol–water partition coefficient (Wildman–Crippen LogP) is 2.91. The number of aromatic nitrogens is 2. The highest BCUT2D eigenvalue weighted by atomic mass is 16.5. The van der Waals surface area contributed by atoms with Gasteiger partial charge >= 0.3 is 0 Å². The molecule has 0 N–H and O–H groups in total. The number of nitrogens with zero attached hydrogens (tertiary/aromatic N) is 2. The zero-order chi connectivity index (χ0) is 12.3. The van der Waals surface area contributed by atoms with Crippen LogP contribution in [0.15, 0.2) is 6.20 Å². The van der Waals surface area contributed by atoms with E-state index in [-0.39, 0.29) is 11.5 Å². The van der Waals surface area contributed by atoms with Gasteiger partial charge in [-0.1, -0.05) is 20.8 Å². The van der Waals surface area contributed by atoms with Gasteiger partial charge in [-0.2, -0.15) is 5.10 Å². The zero-order valence-corrected chi connectivity index (χ0v) is 11.4. The molecule has 0 aliphatic carbocycles. The molecule has 0 spiro atoms. The monoisotopic (exact) mass is 224 g/mol. The SMILES string of the molecule is Cc1c(C(C)(C)C)cnn1CCOC(C)C. The maximum atomic E-state index is 5.53. The fraction of sp³-hybridized carbons (Fsp3) is 0.769. The van der Waals surface area contributed by atoms with Gasteiger partial charge in [-0.3, -0.25) is 4.68 Å². The third-order valence-corrected chi connectivity index (χ3v) is 2.67. The second-order valence-corrected chi connectivity index (χ2v) is 5.54. The van der Waals surface area contributed by atoms with E-state index in [1.807, 2.05) is 10.9 Å². The molecular weight excluding hydrogens is 200 g/mol. The Morgan fingerprint density at radius 1 is 1.38 bits per heavy atom. The Hall–Kier alpha value is -0.830. The van der Waals surface area contributed by atoms with E-state index in [0.717, 1.165) is 13.2 Å². The summed E-state index contributed by atoms with van der Waals surface area (Å²) in [6.45, 7) is 14.4. The summed E-state index contributed by atoms with van der Waals surface area (Å²) in [6.07, 6.45) is 2.27. The Kier molecular flexibility index (Phi) is 4.14. The lowest BCUT2D eigenvalue weighted by Gasteiger charge is -2.18. The van der Waals surface area contributed by atoms with Crippen molar-refractivity contribution in [3.8, 4) is 0 Å². The first-order valence-corrected chi connectivity index (χ1v) is 5.97. The van der Waals surface area contributed by atoms with Crippen molar-refractivity contribution in [2.75, 3.05) is 6.61 Å². The second kappa shape index (κ2) is 5.00. The molecule has 0 saturated carbocycles. The van der Waals surface area contributed by atoms with E-state index in [2.05, 4.69) is 46.6 Å². The van der Waals surface area contributed by atoms with Gasteiger partial charge in [-0.25, -0.2) is 0 Å². The summed E-state index contributed by atoms with van der Waals surface area (Å²) in [5.41, 5.74) is 2.73. The van der Waals surface area contributed by atoms with Crippen LogP contribution in [-0.2, 0) is 16.7 Å². The highest BCUT2D eigenvalue weighted by molar-refractivity contribution is 5.24. The van der Waals surface area contributed by atoms with Gasteiger partial charge in [-0.05, 0) is 31.7 Å². The fourth-order valence-electron chi connectivity index (χ4n) is 1.78. The van der Waals surface area contributed by atoms with E-state index in [9.17, 15) is 0 Å². The van der Waals surface area contributed by atoms with Gasteiger partial charge < -0.3 is 4.74 Å². The Labute approximate surface area is 98.8 Å². The average molecular weight is 224 g/mol. The van der Waals surface area contributed by atoms with Crippen molar-refractivity contribution < 1.29 is 4.74 Å². The Balaban J connectivity index is 2.66. The lowest BCUT2D eigenvalue weighted by Crippen LogP contribution is -2.15. The molecule has 0 bridgehead atoms. The van der Waals surface area contributed by atoms with Gasteiger partial charge in [0.05, 0.1) is 25.5 Å². The lowest BCUT2D eigenvalue weighted by molar-refractivity contribution is 0.0706. The van der Waals surface area contributed by atoms with E-state index in [4.69, 9.17) is 4.74 Å². The first-order chi connectivity index (χ1) is 7.32. The molecule has 0 radical (unpaired) electrons. The molecular formula is C13H24N2O. The second-order valence-electron chi connectivity index (χ2n) is 5.54. The van der Waals surface area contributed by atoms with E-state index in [1.54, 1.807) is 0 Å². The summed E-state index contributed by atoms with van der Waals surface area (Å²) in [6, 6.07) is 0. The van der Waals surface area contributed by atoms with Gasteiger partial charge in [0.25, 0.3) is 0 Å². The van der Waals surface area contributed by atoms with E-state index >= 15 is 0 Å². The summed E-state index contributed by atoms with van der Waals surface area (Å²) >= 11 is 0. The standard InChI is InChI=1S/C13H24N2O/c1-10(2)16-8-7-15-11(3)12(9-14-15)13(4,5)6/h9-10H,7-8H2,1-6H3. The van der Waals surface area contributed by atoms with Gasteiger partial charge in [0, 0.05) is 5.69 Å². The first-order valence-electron chi connectivity index (χ1n) is 5.97. The number of ether oxygens (including phenoxy) is 1. The molecule has 1 aromatic heterocycles. The Bertz CT molecular complexity index is 334. The van der Waals surface area contributed by atoms with Crippen LogP contribution in [0.4, 0.5) is 0 Å². The summed E-state index contributed by atoms with van der Waals surface area (Å²) in [5, 5.41) is 4.42. The maximum absolute atomic E-state index is 5.53. The first kappa shape index (κ1) is 13.2. The van der Waals surface area contributed by atoms with Gasteiger partial charge in [0.1, 0.15) is 0 Å². The smallest absolute Gasteiger partial charge is 0.0666 e. The molecule has 0 amide bonds. The number of rotatable bonds is 4. The normalized spacial score (nSPS) is 12.4. The Morgan fingerprint density at radius 3 is 2.44 bits per heavy atom. The molecule has 1 rings (SSSR count). The Morgan fingerprint density at radius 2 is 2.00 bits per heavy atom. The quantitative estimate of drug-likeness (QED) is 0.786. The third kappa shape index (κ3) is 3.34. The molecule has 0 atom stereocenters. The summed E-state index contributed by atoms with van der Waals surface area (Å²) in [7, 11) is 0. The van der Waals surface area contributed by atoms with Crippen LogP contribution in [0.3, 0.4) is 0 Å². The molecule has 1 heterocycles. The van der Waals surface area contributed by atoms with Crippen LogP contribution >= 0.6 is 0 Å². The van der Waals surface area contributed by atoms with E-state index in [1.165, 1.54) is 11.3 Å². The largest absolute Gasteiger partial charge is 0.377 e. The molecule has 1 aromatic rings. The molecule has 0 aliphatic rings. The van der Waals surface area contributed by atoms with Gasteiger partial charge in [-0.15, -0.1) is 0 Å². The molecule has 92 valence electrons. The number of hydrogen-bond donors (Lipinski definition) is 0. The predicted molar refractivity (Wildman–Crippen MR) is 66.8 cm³/mol. The van der Waals surface area contributed by atoms with Crippen molar-refractivity contribution >= 4 is 0 Å². The number of hydrogen-bond acceptors (Lipinski definition) is 2. The van der Waals surface area contributed by atoms with E-state index < -0.39 is 0 Å². The van der Waals surface area contributed by atoms with Crippen LogP contribution in [0.1, 0.15) is 45.9 Å². The van der Waals surface area contributed by atoms with Crippen LogP contribution < -0.4 is 0 Å². The molecule has 0 aliphatic heterocycles. The van der Waals surface area contributed by atoms with Crippen molar-refractivity contribution in [2.24, 2.45) is 0 Å². The minimum atomic E-state index is 0.168. The average Bonchev–Trinajstić information content (AvgIpc) is 2.46. The molecule has 0 fully saturated rings. The van der Waals surface area contributed by atoms with Gasteiger partial charge in [0.2, 0.25) is 0 Å². The molecule has 3 heteroatoms. The van der Waals surface area contributed by atoms with Crippen molar-refractivity contribution in [1.82, 2.24) is 9.78 Å². The van der Waals surface area contributed by atoms with Crippen LogP contribution in [0.25, 0.3) is 0 Å². The minimum absolute atomic E-state index is 0.168. The third-order valence-electron chi connectivity index (χ3n) is 2.67. The molecule has 3 nitrogen and oxygen atoms in total. The highest BCUT2D eigenvalue weighted by Crippen LogP contribution is 2.24. The van der Waals surface area contributed by atoms with Crippen molar-refractivity contribution in [3.05, 3.63) is 17.5 Å². The molecule has 0 unspecified atom stereocenters. The topological polar surface area (TPSA) is 27.1 Å². The molecule has 0 saturated heterocycles. The van der Waals surface area contributed by atoms with Crippen molar-refractivity contribution in [1.29, 1.82) is 0 Å². The zero-order valence-electron chi connectivity index (χ0n) is 11.4. The molecule has 0 aromatic carbocycles. The highest BCUT2D eigenvalue weighted by Gasteiger charge is 2.19. The lowest BCUT2D eigenvalue weighted by atomic mass is 9.88. The van der Waals surface area contributed by atoms with Crippen LogP contribution in [0.5, 0.6) is 0 Å². The summed E-state index contributed by atoms with van der Waals surface area (Å²) in [4.78, 5) is 0.